The van der Waals surface area contributed by atoms with Crippen molar-refractivity contribution in [2.24, 2.45) is 0 Å². The topological polar surface area (TPSA) is 75.0 Å². The Kier molecular flexibility index (Phi) is 5.76. The number of rotatable bonds is 7. The van der Waals surface area contributed by atoms with Gasteiger partial charge in [-0.15, -0.1) is 0 Å². The monoisotopic (exact) mass is 368 g/mol. The van der Waals surface area contributed by atoms with E-state index < -0.39 is 11.9 Å². The van der Waals surface area contributed by atoms with Crippen LogP contribution < -0.4 is 4.74 Å². The summed E-state index contributed by atoms with van der Waals surface area (Å²) in [6.45, 7) is 3.67. The van der Waals surface area contributed by atoms with Crippen LogP contribution in [0.25, 0.3) is 11.0 Å². The van der Waals surface area contributed by atoms with Crippen molar-refractivity contribution in [2.45, 2.75) is 20.5 Å². The first-order chi connectivity index (χ1) is 13.1. The first-order valence-corrected chi connectivity index (χ1v) is 8.61. The van der Waals surface area contributed by atoms with E-state index in [0.717, 1.165) is 5.56 Å². The Morgan fingerprint density at radius 3 is 2.56 bits per heavy atom. The average Bonchev–Trinajstić information content (AvgIpc) is 3.00. The minimum atomic E-state index is -0.479. The van der Waals surface area contributed by atoms with Gasteiger partial charge in [0.05, 0.1) is 6.61 Å². The van der Waals surface area contributed by atoms with Gasteiger partial charge in [-0.05, 0) is 37.6 Å². The van der Waals surface area contributed by atoms with Gasteiger partial charge in [0, 0.05) is 5.39 Å². The van der Waals surface area contributed by atoms with Gasteiger partial charge >= 0.3 is 11.9 Å². The fourth-order valence-electron chi connectivity index (χ4n) is 2.67. The molecule has 0 aliphatic carbocycles. The fourth-order valence-corrected chi connectivity index (χ4v) is 2.67. The molecule has 0 saturated heterocycles. The fraction of sp³-hybridized carbons (Fsp3) is 0.238. The molecule has 0 atom stereocenters. The number of carbonyl (C=O) groups is 2. The molecule has 6 heteroatoms. The quantitative estimate of drug-likeness (QED) is 0.586. The number of carbonyl (C=O) groups excluding carboxylic acids is 2. The third kappa shape index (κ3) is 4.47. The second-order valence-corrected chi connectivity index (χ2v) is 5.85. The first-order valence-electron chi connectivity index (χ1n) is 8.61. The summed E-state index contributed by atoms with van der Waals surface area (Å²) in [6.07, 6.45) is 0. The molecular weight excluding hydrogens is 348 g/mol. The molecule has 6 nitrogen and oxygen atoms in total. The van der Waals surface area contributed by atoms with E-state index in [4.69, 9.17) is 18.6 Å². The van der Waals surface area contributed by atoms with Crippen LogP contribution >= 0.6 is 0 Å². The van der Waals surface area contributed by atoms with Gasteiger partial charge in [-0.2, -0.15) is 0 Å². The molecule has 3 rings (SSSR count). The van der Waals surface area contributed by atoms with E-state index in [0.29, 0.717) is 28.0 Å². The van der Waals surface area contributed by atoms with Crippen LogP contribution in [0.1, 0.15) is 28.6 Å². The number of furan rings is 1. The Morgan fingerprint density at radius 2 is 1.81 bits per heavy atom. The predicted octanol–water partition coefficient (Wildman–Crippen LogP) is 4.04. The van der Waals surface area contributed by atoms with Crippen LogP contribution in [-0.2, 0) is 20.9 Å². The van der Waals surface area contributed by atoms with E-state index in [1.54, 1.807) is 32.0 Å². The van der Waals surface area contributed by atoms with Crippen molar-refractivity contribution in [3.05, 3.63) is 65.4 Å². The Balaban J connectivity index is 1.65. The van der Waals surface area contributed by atoms with Gasteiger partial charge in [-0.3, -0.25) is 0 Å². The van der Waals surface area contributed by atoms with Gasteiger partial charge < -0.3 is 18.6 Å². The number of benzene rings is 2. The maximum Gasteiger partial charge on any atom is 0.344 e. The molecule has 1 heterocycles. The Hall–Kier alpha value is -3.28. The molecule has 0 aliphatic heterocycles. The van der Waals surface area contributed by atoms with Gasteiger partial charge in [0.25, 0.3) is 0 Å². The van der Waals surface area contributed by atoms with Crippen molar-refractivity contribution in [2.75, 3.05) is 13.2 Å². The van der Waals surface area contributed by atoms with E-state index >= 15 is 0 Å². The van der Waals surface area contributed by atoms with Crippen molar-refractivity contribution >= 4 is 22.9 Å². The van der Waals surface area contributed by atoms with Crippen LogP contribution in [0.3, 0.4) is 0 Å². The highest BCUT2D eigenvalue weighted by molar-refractivity contribution is 6.04. The Labute approximate surface area is 156 Å². The number of ether oxygens (including phenoxy) is 3. The average molecular weight is 368 g/mol. The maximum atomic E-state index is 12.1. The molecule has 1 aromatic heterocycles. The summed E-state index contributed by atoms with van der Waals surface area (Å²) in [5.41, 5.74) is 1.82. The number of esters is 2. The Bertz CT molecular complexity index is 942. The summed E-state index contributed by atoms with van der Waals surface area (Å²) < 4.78 is 21.3. The standard InChI is InChI=1S/C21H20O6/c1-3-24-21(23)20-14(2)27-18-10-9-16(11-17(18)20)25-13-19(22)26-12-15-7-5-4-6-8-15/h4-11H,3,12-13H2,1-2H3. The molecule has 0 aliphatic rings. The van der Waals surface area contributed by atoms with Crippen molar-refractivity contribution in [3.8, 4) is 5.75 Å². The summed E-state index contributed by atoms with van der Waals surface area (Å²) in [7, 11) is 0. The molecule has 2 aromatic carbocycles. The van der Waals surface area contributed by atoms with E-state index in [-0.39, 0.29) is 19.8 Å². The Morgan fingerprint density at radius 1 is 1.04 bits per heavy atom. The van der Waals surface area contributed by atoms with E-state index in [1.165, 1.54) is 0 Å². The summed E-state index contributed by atoms with van der Waals surface area (Å²) in [5.74, 6) is -0.0190. The number of aryl methyl sites for hydroxylation is 1. The van der Waals surface area contributed by atoms with Crippen molar-refractivity contribution in [3.63, 3.8) is 0 Å². The van der Waals surface area contributed by atoms with Crippen LogP contribution in [0.4, 0.5) is 0 Å². The normalized spacial score (nSPS) is 10.6. The minimum absolute atomic E-state index is 0.190. The van der Waals surface area contributed by atoms with Gasteiger partial charge in [0.15, 0.2) is 6.61 Å². The zero-order valence-electron chi connectivity index (χ0n) is 15.2. The first kappa shape index (κ1) is 18.5. The third-order valence-corrected chi connectivity index (χ3v) is 3.91. The molecule has 0 saturated carbocycles. The van der Waals surface area contributed by atoms with Crippen LogP contribution in [0.5, 0.6) is 5.75 Å². The van der Waals surface area contributed by atoms with Crippen molar-refractivity contribution in [1.82, 2.24) is 0 Å². The molecule has 140 valence electrons. The van der Waals surface area contributed by atoms with E-state index in [1.807, 2.05) is 30.3 Å². The molecule has 0 radical (unpaired) electrons. The van der Waals surface area contributed by atoms with Crippen LogP contribution in [0.15, 0.2) is 52.9 Å². The number of fused-ring (bicyclic) bond motifs is 1. The van der Waals surface area contributed by atoms with Gasteiger partial charge in [-0.25, -0.2) is 9.59 Å². The molecule has 0 amide bonds. The maximum absolute atomic E-state index is 12.1. The smallest absolute Gasteiger partial charge is 0.344 e. The molecule has 3 aromatic rings. The molecule has 0 N–H and O–H groups in total. The van der Waals surface area contributed by atoms with Crippen molar-refractivity contribution in [1.29, 1.82) is 0 Å². The highest BCUT2D eigenvalue weighted by Crippen LogP contribution is 2.29. The second-order valence-electron chi connectivity index (χ2n) is 5.85. The van der Waals surface area contributed by atoms with Gasteiger partial charge in [0.2, 0.25) is 0 Å². The lowest BCUT2D eigenvalue weighted by Crippen LogP contribution is -2.14. The van der Waals surface area contributed by atoms with Crippen LogP contribution in [0.2, 0.25) is 0 Å². The molecule has 0 bridgehead atoms. The number of hydrogen-bond acceptors (Lipinski definition) is 6. The molecule has 27 heavy (non-hydrogen) atoms. The minimum Gasteiger partial charge on any atom is -0.482 e. The lowest BCUT2D eigenvalue weighted by Gasteiger charge is -2.07. The van der Waals surface area contributed by atoms with Crippen molar-refractivity contribution < 1.29 is 28.2 Å². The van der Waals surface area contributed by atoms with Gasteiger partial charge in [-0.1, -0.05) is 30.3 Å². The second kappa shape index (κ2) is 8.40. The summed E-state index contributed by atoms with van der Waals surface area (Å²) in [6, 6.07) is 14.4. The molecule has 0 fully saturated rings. The summed E-state index contributed by atoms with van der Waals surface area (Å²) in [5, 5.41) is 0.584. The number of hydrogen-bond donors (Lipinski definition) is 0. The lowest BCUT2D eigenvalue weighted by molar-refractivity contribution is -0.147. The largest absolute Gasteiger partial charge is 0.482 e. The van der Waals surface area contributed by atoms with Crippen LogP contribution in [-0.4, -0.2) is 25.2 Å². The zero-order chi connectivity index (χ0) is 19.2. The predicted molar refractivity (Wildman–Crippen MR) is 98.6 cm³/mol. The van der Waals surface area contributed by atoms with E-state index in [9.17, 15) is 9.59 Å². The third-order valence-electron chi connectivity index (χ3n) is 3.91. The van der Waals surface area contributed by atoms with Gasteiger partial charge in [0.1, 0.15) is 29.3 Å². The summed E-state index contributed by atoms with van der Waals surface area (Å²) >= 11 is 0. The highest BCUT2D eigenvalue weighted by atomic mass is 16.6. The molecule has 0 spiro atoms. The van der Waals surface area contributed by atoms with E-state index in [2.05, 4.69) is 0 Å². The molecule has 0 unspecified atom stereocenters. The SMILES string of the molecule is CCOC(=O)c1c(C)oc2ccc(OCC(=O)OCc3ccccc3)cc12. The zero-order valence-corrected chi connectivity index (χ0v) is 15.2. The lowest BCUT2D eigenvalue weighted by atomic mass is 10.1. The summed E-state index contributed by atoms with van der Waals surface area (Å²) in [4.78, 5) is 24.0. The van der Waals surface area contributed by atoms with Crippen LogP contribution in [0, 0.1) is 6.92 Å². The highest BCUT2D eigenvalue weighted by Gasteiger charge is 2.20. The molecular formula is C21H20O6.